The number of carbonyl (C=O) groups is 1. The Labute approximate surface area is 110 Å². The van der Waals surface area contributed by atoms with Crippen LogP contribution in [0.25, 0.3) is 0 Å². The van der Waals surface area contributed by atoms with Gasteiger partial charge in [-0.2, -0.15) is 0 Å². The molecule has 0 bridgehead atoms. The topological polar surface area (TPSA) is 17.1 Å². The maximum atomic E-state index is 12.4. The van der Waals surface area contributed by atoms with E-state index in [4.69, 9.17) is 11.6 Å². The molecular formula is C14H13ClOS. The van der Waals surface area contributed by atoms with Crippen LogP contribution in [-0.2, 0) is 0 Å². The smallest absolute Gasteiger partial charge is 0.195 e. The Hall–Kier alpha value is -1.12. The minimum Gasteiger partial charge on any atom is -0.289 e. The lowest BCUT2D eigenvalue weighted by Crippen LogP contribution is -2.03. The van der Waals surface area contributed by atoms with Gasteiger partial charge in [0.2, 0.25) is 0 Å². The monoisotopic (exact) mass is 264 g/mol. The van der Waals surface area contributed by atoms with E-state index in [1.165, 1.54) is 0 Å². The van der Waals surface area contributed by atoms with Gasteiger partial charge in [0.05, 0.1) is 5.02 Å². The maximum absolute atomic E-state index is 12.4. The third kappa shape index (κ3) is 2.28. The van der Waals surface area contributed by atoms with Crippen LogP contribution in [0.4, 0.5) is 0 Å². The lowest BCUT2D eigenvalue weighted by atomic mass is 10.0. The zero-order chi connectivity index (χ0) is 12.6. The van der Waals surface area contributed by atoms with Crippen molar-refractivity contribution in [2.45, 2.75) is 20.8 Å². The van der Waals surface area contributed by atoms with Gasteiger partial charge in [-0.25, -0.2) is 0 Å². The summed E-state index contributed by atoms with van der Waals surface area (Å²) >= 11 is 7.82. The Bertz CT molecular complexity index is 584. The minimum absolute atomic E-state index is 0.0144. The molecule has 17 heavy (non-hydrogen) atoms. The van der Waals surface area contributed by atoms with Crippen molar-refractivity contribution < 1.29 is 4.79 Å². The fraction of sp³-hybridized carbons (Fsp3) is 0.214. The Kier molecular flexibility index (Phi) is 3.36. The highest BCUT2D eigenvalue weighted by atomic mass is 35.5. The zero-order valence-electron chi connectivity index (χ0n) is 10.0. The summed E-state index contributed by atoms with van der Waals surface area (Å²) in [6.07, 6.45) is 0. The van der Waals surface area contributed by atoms with Crippen LogP contribution in [0.15, 0.2) is 24.3 Å². The van der Waals surface area contributed by atoms with Crippen molar-refractivity contribution in [1.29, 1.82) is 0 Å². The first kappa shape index (κ1) is 12.3. The number of hydrogen-bond donors (Lipinski definition) is 0. The van der Waals surface area contributed by atoms with Crippen molar-refractivity contribution in [2.75, 3.05) is 0 Å². The van der Waals surface area contributed by atoms with Crippen LogP contribution in [0.3, 0.4) is 0 Å². The molecule has 0 radical (unpaired) electrons. The SMILES string of the molecule is Cc1cc(C(=O)c2cccc(C)c2Cl)c(C)s1. The van der Waals surface area contributed by atoms with Gasteiger partial charge in [0.25, 0.3) is 0 Å². The zero-order valence-corrected chi connectivity index (χ0v) is 11.6. The number of thiophene rings is 1. The Morgan fingerprint density at radius 1 is 1.18 bits per heavy atom. The van der Waals surface area contributed by atoms with Crippen molar-refractivity contribution >= 4 is 28.7 Å². The molecule has 1 nitrogen and oxygen atoms in total. The quantitative estimate of drug-likeness (QED) is 0.727. The molecule has 0 aliphatic carbocycles. The van der Waals surface area contributed by atoms with Gasteiger partial charge in [-0.15, -0.1) is 11.3 Å². The lowest BCUT2D eigenvalue weighted by molar-refractivity contribution is 0.103. The highest BCUT2D eigenvalue weighted by Crippen LogP contribution is 2.27. The molecule has 0 N–H and O–H groups in total. The first-order chi connectivity index (χ1) is 8.00. The van der Waals surface area contributed by atoms with Crippen molar-refractivity contribution in [3.05, 3.63) is 55.7 Å². The van der Waals surface area contributed by atoms with Crippen LogP contribution < -0.4 is 0 Å². The predicted molar refractivity (Wildman–Crippen MR) is 73.4 cm³/mol. The number of halogens is 1. The Morgan fingerprint density at radius 2 is 1.88 bits per heavy atom. The second-order valence-corrected chi connectivity index (χ2v) is 5.93. The van der Waals surface area contributed by atoms with Gasteiger partial charge in [-0.05, 0) is 38.5 Å². The highest BCUT2D eigenvalue weighted by molar-refractivity contribution is 7.12. The summed E-state index contributed by atoms with van der Waals surface area (Å²) in [5, 5.41) is 0.556. The van der Waals surface area contributed by atoms with Crippen LogP contribution >= 0.6 is 22.9 Å². The number of carbonyl (C=O) groups excluding carboxylic acids is 1. The summed E-state index contributed by atoms with van der Waals surface area (Å²) in [6, 6.07) is 7.49. The number of hydrogen-bond acceptors (Lipinski definition) is 2. The van der Waals surface area contributed by atoms with E-state index in [0.717, 1.165) is 20.9 Å². The fourth-order valence-corrected chi connectivity index (χ4v) is 2.96. The molecule has 1 heterocycles. The lowest BCUT2D eigenvalue weighted by Gasteiger charge is -2.05. The molecule has 0 aliphatic rings. The van der Waals surface area contributed by atoms with Crippen molar-refractivity contribution in [3.8, 4) is 0 Å². The first-order valence-electron chi connectivity index (χ1n) is 5.37. The van der Waals surface area contributed by atoms with Crippen molar-refractivity contribution in [3.63, 3.8) is 0 Å². The third-order valence-electron chi connectivity index (χ3n) is 2.72. The molecule has 88 valence electrons. The van der Waals surface area contributed by atoms with Gasteiger partial charge < -0.3 is 0 Å². The summed E-state index contributed by atoms with van der Waals surface area (Å²) in [4.78, 5) is 14.6. The first-order valence-corrected chi connectivity index (χ1v) is 6.57. The second kappa shape index (κ2) is 4.63. The van der Waals surface area contributed by atoms with Crippen LogP contribution in [0.1, 0.15) is 31.2 Å². The molecular weight excluding hydrogens is 252 g/mol. The van der Waals surface area contributed by atoms with Gasteiger partial charge in [-0.3, -0.25) is 4.79 Å². The Balaban J connectivity index is 2.51. The standard InChI is InChI=1S/C14H13ClOS/c1-8-5-4-6-11(13(8)15)14(16)12-7-9(2)17-10(12)3/h4-7H,1-3H3. The fourth-order valence-electron chi connectivity index (χ4n) is 1.82. The van der Waals surface area contributed by atoms with Crippen molar-refractivity contribution in [2.24, 2.45) is 0 Å². The average Bonchev–Trinajstić information content (AvgIpc) is 2.61. The molecule has 0 spiro atoms. The van der Waals surface area contributed by atoms with E-state index in [1.54, 1.807) is 17.4 Å². The van der Waals surface area contributed by atoms with Gasteiger partial charge in [0, 0.05) is 20.9 Å². The predicted octanol–water partition coefficient (Wildman–Crippen LogP) is 4.56. The van der Waals surface area contributed by atoms with E-state index in [2.05, 4.69) is 0 Å². The van der Waals surface area contributed by atoms with Crippen LogP contribution in [-0.4, -0.2) is 5.78 Å². The third-order valence-corrected chi connectivity index (χ3v) is 4.19. The summed E-state index contributed by atoms with van der Waals surface area (Å²) in [6.45, 7) is 5.88. The largest absolute Gasteiger partial charge is 0.289 e. The normalized spacial score (nSPS) is 10.6. The summed E-state index contributed by atoms with van der Waals surface area (Å²) in [7, 11) is 0. The van der Waals surface area contributed by atoms with Crippen LogP contribution in [0.2, 0.25) is 5.02 Å². The van der Waals surface area contributed by atoms with Gasteiger partial charge >= 0.3 is 0 Å². The van der Waals surface area contributed by atoms with E-state index < -0.39 is 0 Å². The summed E-state index contributed by atoms with van der Waals surface area (Å²) in [5.74, 6) is 0.0144. The number of ketones is 1. The Morgan fingerprint density at radius 3 is 2.47 bits per heavy atom. The molecule has 2 rings (SSSR count). The minimum atomic E-state index is 0.0144. The highest BCUT2D eigenvalue weighted by Gasteiger charge is 2.17. The molecule has 0 saturated carbocycles. The van der Waals surface area contributed by atoms with Gasteiger partial charge in [0.1, 0.15) is 0 Å². The molecule has 1 aromatic carbocycles. The van der Waals surface area contributed by atoms with Gasteiger partial charge in [-0.1, -0.05) is 23.7 Å². The number of rotatable bonds is 2. The summed E-state index contributed by atoms with van der Waals surface area (Å²) < 4.78 is 0. The maximum Gasteiger partial charge on any atom is 0.195 e. The number of benzene rings is 1. The van der Waals surface area contributed by atoms with E-state index in [9.17, 15) is 4.79 Å². The molecule has 0 aliphatic heterocycles. The molecule has 0 fully saturated rings. The van der Waals surface area contributed by atoms with Crippen LogP contribution in [0, 0.1) is 20.8 Å². The molecule has 0 unspecified atom stereocenters. The summed E-state index contributed by atoms with van der Waals surface area (Å²) in [5.41, 5.74) is 2.29. The van der Waals surface area contributed by atoms with E-state index >= 15 is 0 Å². The van der Waals surface area contributed by atoms with E-state index in [0.29, 0.717) is 10.6 Å². The van der Waals surface area contributed by atoms with Crippen molar-refractivity contribution in [1.82, 2.24) is 0 Å². The van der Waals surface area contributed by atoms with E-state index in [1.807, 2.05) is 39.0 Å². The molecule has 0 saturated heterocycles. The molecule has 0 amide bonds. The van der Waals surface area contributed by atoms with E-state index in [-0.39, 0.29) is 5.78 Å². The second-order valence-electron chi connectivity index (χ2n) is 4.09. The van der Waals surface area contributed by atoms with Gasteiger partial charge in [0.15, 0.2) is 5.78 Å². The molecule has 1 aromatic heterocycles. The molecule has 3 heteroatoms. The van der Waals surface area contributed by atoms with Crippen LogP contribution in [0.5, 0.6) is 0 Å². The average molecular weight is 265 g/mol. The molecule has 2 aromatic rings. The molecule has 0 atom stereocenters. The number of aryl methyl sites for hydroxylation is 3.